The molecular formula is C27H29F4N5O7S. The van der Waals surface area contributed by atoms with Crippen molar-refractivity contribution in [2.75, 3.05) is 32.1 Å². The van der Waals surface area contributed by atoms with Crippen molar-refractivity contribution in [1.82, 2.24) is 14.8 Å². The van der Waals surface area contributed by atoms with Gasteiger partial charge in [-0.05, 0) is 24.3 Å². The van der Waals surface area contributed by atoms with Gasteiger partial charge >= 0.3 is 12.3 Å². The van der Waals surface area contributed by atoms with Gasteiger partial charge in [-0.2, -0.15) is 13.2 Å². The van der Waals surface area contributed by atoms with Crippen molar-refractivity contribution >= 4 is 33.6 Å². The number of hydrogen-bond donors (Lipinski definition) is 2. The number of nitrogens with zero attached hydrogens (tertiary/aromatic N) is 3. The van der Waals surface area contributed by atoms with Gasteiger partial charge in [0, 0.05) is 37.0 Å². The number of nitrogens with two attached hydrogens (primary N) is 1. The van der Waals surface area contributed by atoms with Gasteiger partial charge in [-0.3, -0.25) is 14.6 Å². The fraction of sp³-hybridized carbons (Fsp3) is 0.407. The number of anilines is 1. The molecule has 1 saturated heterocycles. The normalized spacial score (nSPS) is 18.6. The Morgan fingerprint density at radius 3 is 2.36 bits per heavy atom. The van der Waals surface area contributed by atoms with E-state index in [4.69, 9.17) is 14.6 Å². The largest absolute Gasteiger partial charge is 0.443 e. The number of carbonyl (C=O) groups excluding carboxylic acids is 3. The van der Waals surface area contributed by atoms with E-state index in [2.05, 4.69) is 10.3 Å². The van der Waals surface area contributed by atoms with Crippen molar-refractivity contribution in [3.63, 3.8) is 0 Å². The van der Waals surface area contributed by atoms with Gasteiger partial charge in [0.05, 0.1) is 34.8 Å². The van der Waals surface area contributed by atoms with E-state index in [0.29, 0.717) is 23.9 Å². The standard InChI is InChI=1S/C27H29F4N5O7S/c1-25(2,3)23(38)34-20-7-15(27(29,30)31)9-33-21(20)12-43-24(39)36-11-16-10-35(13-26(16,14-36)42-4)22(37)18-6-5-17(8-19(18)28)44(32,40)41/h5-10H,11-14H2,1-4H3,(H,34,38)(H2,32,40,41). The van der Waals surface area contributed by atoms with Gasteiger partial charge < -0.3 is 24.6 Å². The lowest BCUT2D eigenvalue weighted by Crippen LogP contribution is -2.44. The van der Waals surface area contributed by atoms with Gasteiger partial charge in [0.25, 0.3) is 5.91 Å². The lowest BCUT2D eigenvalue weighted by atomic mass is 9.95. The number of pyridine rings is 1. The molecule has 3 N–H and O–H groups in total. The number of methoxy groups -OCH3 is 1. The van der Waals surface area contributed by atoms with Crippen LogP contribution in [0.4, 0.5) is 28.0 Å². The highest BCUT2D eigenvalue weighted by Crippen LogP contribution is 2.38. The molecule has 12 nitrogen and oxygen atoms in total. The summed E-state index contributed by atoms with van der Waals surface area (Å²) in [6.45, 7) is 3.90. The molecule has 2 aliphatic rings. The number of aromatic nitrogens is 1. The van der Waals surface area contributed by atoms with E-state index in [-0.39, 0.29) is 31.0 Å². The number of ether oxygens (including phenoxy) is 2. The number of nitrogens with one attached hydrogen (secondary N) is 1. The number of halogens is 4. The molecule has 3 heterocycles. The maximum atomic E-state index is 14.6. The number of carbonyl (C=O) groups is 3. The van der Waals surface area contributed by atoms with Crippen molar-refractivity contribution in [1.29, 1.82) is 0 Å². The number of rotatable bonds is 6. The number of amides is 3. The van der Waals surface area contributed by atoms with Crippen LogP contribution in [0.25, 0.3) is 0 Å². The van der Waals surface area contributed by atoms with Crippen LogP contribution in [0, 0.1) is 11.2 Å². The first-order valence-corrected chi connectivity index (χ1v) is 14.5. The molecule has 0 saturated carbocycles. The summed E-state index contributed by atoms with van der Waals surface area (Å²) in [6, 6.07) is 3.36. The number of hydrogen-bond acceptors (Lipinski definition) is 8. The quantitative estimate of drug-likeness (QED) is 0.454. The molecule has 0 spiro atoms. The van der Waals surface area contributed by atoms with Crippen LogP contribution in [-0.4, -0.2) is 73.5 Å². The van der Waals surface area contributed by atoms with Crippen LogP contribution in [0.5, 0.6) is 0 Å². The maximum absolute atomic E-state index is 14.6. The van der Waals surface area contributed by atoms with E-state index in [1.165, 1.54) is 23.1 Å². The van der Waals surface area contributed by atoms with Crippen LogP contribution in [0.1, 0.15) is 42.4 Å². The Balaban J connectivity index is 1.48. The second-order valence-corrected chi connectivity index (χ2v) is 12.9. The van der Waals surface area contributed by atoms with Crippen LogP contribution < -0.4 is 10.5 Å². The van der Waals surface area contributed by atoms with Crippen molar-refractivity contribution in [3.05, 3.63) is 64.9 Å². The number of primary sulfonamides is 1. The summed E-state index contributed by atoms with van der Waals surface area (Å²) < 4.78 is 88.4. The first-order chi connectivity index (χ1) is 20.2. The number of likely N-dealkylation sites (tertiary alicyclic amines) is 1. The van der Waals surface area contributed by atoms with E-state index in [1.807, 2.05) is 0 Å². The Bertz CT molecular complexity index is 1660. The zero-order valence-electron chi connectivity index (χ0n) is 24.0. The first kappa shape index (κ1) is 32.8. The molecule has 2 aliphatic heterocycles. The first-order valence-electron chi connectivity index (χ1n) is 12.9. The van der Waals surface area contributed by atoms with Gasteiger partial charge in [0.1, 0.15) is 23.7 Å². The molecule has 0 radical (unpaired) electrons. The topological polar surface area (TPSA) is 161 Å². The molecule has 3 amide bonds. The third kappa shape index (κ3) is 6.68. The molecule has 2 aromatic rings. The molecule has 238 valence electrons. The lowest BCUT2D eigenvalue weighted by molar-refractivity contribution is -0.137. The average molecular weight is 644 g/mol. The molecular weight excluding hydrogens is 614 g/mol. The third-order valence-electron chi connectivity index (χ3n) is 7.10. The Labute approximate surface area is 249 Å². The predicted molar refractivity (Wildman–Crippen MR) is 146 cm³/mol. The Hall–Kier alpha value is -4.09. The van der Waals surface area contributed by atoms with E-state index in [1.54, 1.807) is 20.8 Å². The van der Waals surface area contributed by atoms with Gasteiger partial charge in [-0.25, -0.2) is 22.7 Å². The Morgan fingerprint density at radius 2 is 1.82 bits per heavy atom. The summed E-state index contributed by atoms with van der Waals surface area (Å²) in [6.07, 6.45) is -3.63. The predicted octanol–water partition coefficient (Wildman–Crippen LogP) is 3.25. The summed E-state index contributed by atoms with van der Waals surface area (Å²) in [4.78, 5) is 44.2. The molecule has 1 aromatic heterocycles. The van der Waals surface area contributed by atoms with Crippen LogP contribution in [0.15, 0.2) is 47.1 Å². The summed E-state index contributed by atoms with van der Waals surface area (Å²) in [5, 5.41) is 7.42. The van der Waals surface area contributed by atoms with E-state index >= 15 is 0 Å². The zero-order valence-corrected chi connectivity index (χ0v) is 24.8. The summed E-state index contributed by atoms with van der Waals surface area (Å²) in [7, 11) is -2.83. The van der Waals surface area contributed by atoms with Gasteiger partial charge in [0.2, 0.25) is 15.9 Å². The highest BCUT2D eigenvalue weighted by atomic mass is 32.2. The molecule has 1 aromatic carbocycles. The molecule has 44 heavy (non-hydrogen) atoms. The van der Waals surface area contributed by atoms with Crippen LogP contribution >= 0.6 is 0 Å². The SMILES string of the molecule is COC12CN(C(=O)c3ccc(S(N)(=O)=O)cc3F)C=C1CN(C(=O)OCc1ncc(C(F)(F)F)cc1NC(=O)C(C)(C)C)C2. The Kier molecular flexibility index (Phi) is 8.53. The average Bonchev–Trinajstić information content (AvgIpc) is 3.45. The summed E-state index contributed by atoms with van der Waals surface area (Å²) in [5.41, 5.74) is -3.50. The zero-order chi connectivity index (χ0) is 32.8. The fourth-order valence-electron chi connectivity index (χ4n) is 4.56. The number of benzene rings is 1. The van der Waals surface area contributed by atoms with Crippen LogP contribution in [0.2, 0.25) is 0 Å². The van der Waals surface area contributed by atoms with Crippen molar-refractivity contribution in [3.8, 4) is 0 Å². The van der Waals surface area contributed by atoms with Crippen LogP contribution in [0.3, 0.4) is 0 Å². The smallest absolute Gasteiger partial charge is 0.417 e. The third-order valence-corrected chi connectivity index (χ3v) is 8.01. The molecule has 4 rings (SSSR count). The molecule has 0 bridgehead atoms. The lowest BCUT2D eigenvalue weighted by Gasteiger charge is -2.27. The molecule has 17 heteroatoms. The van der Waals surface area contributed by atoms with Crippen molar-refractivity contribution in [2.24, 2.45) is 10.6 Å². The molecule has 1 unspecified atom stereocenters. The molecule has 0 aliphatic carbocycles. The maximum Gasteiger partial charge on any atom is 0.417 e. The summed E-state index contributed by atoms with van der Waals surface area (Å²) in [5.74, 6) is -2.45. The van der Waals surface area contributed by atoms with Gasteiger partial charge in [-0.15, -0.1) is 0 Å². The number of alkyl halides is 3. The fourth-order valence-corrected chi connectivity index (χ4v) is 5.08. The van der Waals surface area contributed by atoms with Crippen molar-refractivity contribution < 1.29 is 49.8 Å². The molecule has 1 atom stereocenters. The minimum absolute atomic E-state index is 0.0582. The highest BCUT2D eigenvalue weighted by molar-refractivity contribution is 7.89. The van der Waals surface area contributed by atoms with Gasteiger partial charge in [0.15, 0.2) is 0 Å². The van der Waals surface area contributed by atoms with E-state index < -0.39 is 73.6 Å². The van der Waals surface area contributed by atoms with E-state index in [9.17, 15) is 40.4 Å². The van der Waals surface area contributed by atoms with E-state index in [0.717, 1.165) is 12.1 Å². The van der Waals surface area contributed by atoms with Crippen LogP contribution in [-0.2, 0) is 37.1 Å². The Morgan fingerprint density at radius 1 is 1.14 bits per heavy atom. The van der Waals surface area contributed by atoms with Crippen molar-refractivity contribution in [2.45, 2.75) is 44.1 Å². The minimum Gasteiger partial charge on any atom is -0.443 e. The number of sulfonamides is 1. The highest BCUT2D eigenvalue weighted by Gasteiger charge is 2.51. The van der Waals surface area contributed by atoms with Gasteiger partial charge in [-0.1, -0.05) is 20.8 Å². The summed E-state index contributed by atoms with van der Waals surface area (Å²) >= 11 is 0. The minimum atomic E-state index is -4.73. The second kappa shape index (κ2) is 11.4. The number of fused-ring (bicyclic) bond motifs is 1. The second-order valence-electron chi connectivity index (χ2n) is 11.3. The monoisotopic (exact) mass is 643 g/mol. The molecule has 1 fully saturated rings.